The number of halogens is 1. The highest BCUT2D eigenvalue weighted by molar-refractivity contribution is 7.80. The fourth-order valence-corrected chi connectivity index (χ4v) is 4.36. The summed E-state index contributed by atoms with van der Waals surface area (Å²) < 4.78 is 1.07. The van der Waals surface area contributed by atoms with Crippen molar-refractivity contribution < 1.29 is 9.72 Å². The summed E-state index contributed by atoms with van der Waals surface area (Å²) in [6.07, 6.45) is 0. The van der Waals surface area contributed by atoms with Crippen LogP contribution in [-0.4, -0.2) is 20.9 Å². The van der Waals surface area contributed by atoms with E-state index in [-0.39, 0.29) is 16.4 Å². The van der Waals surface area contributed by atoms with Gasteiger partial charge >= 0.3 is 0 Å². The second kappa shape index (κ2) is 8.99. The molecule has 4 rings (SSSR count). The number of thiazole rings is 1. The van der Waals surface area contributed by atoms with Crippen molar-refractivity contribution in [1.29, 1.82) is 0 Å². The molecule has 3 aromatic carbocycles. The molecule has 2 N–H and O–H groups in total. The van der Waals surface area contributed by atoms with Gasteiger partial charge < -0.3 is 5.32 Å². The van der Waals surface area contributed by atoms with Crippen molar-refractivity contribution in [3.8, 4) is 10.6 Å². The number of fused-ring (bicyclic) bond motifs is 1. The minimum atomic E-state index is -0.566. The topological polar surface area (TPSA) is 97.2 Å². The average molecular weight is 483 g/mol. The van der Waals surface area contributed by atoms with Gasteiger partial charge in [0.05, 0.1) is 25.8 Å². The number of hydrogen-bond acceptors (Lipinski definition) is 6. The summed E-state index contributed by atoms with van der Waals surface area (Å²) in [4.78, 5) is 27.7. The van der Waals surface area contributed by atoms with Gasteiger partial charge in [0.2, 0.25) is 0 Å². The Hall–Kier alpha value is -3.40. The molecule has 0 aliphatic rings. The van der Waals surface area contributed by atoms with Crippen molar-refractivity contribution in [3.05, 3.63) is 86.9 Å². The lowest BCUT2D eigenvalue weighted by Gasteiger charge is -2.12. The van der Waals surface area contributed by atoms with E-state index in [9.17, 15) is 14.9 Å². The second-order valence-electron chi connectivity index (χ2n) is 6.85. The van der Waals surface area contributed by atoms with Crippen molar-refractivity contribution in [2.75, 3.05) is 5.32 Å². The van der Waals surface area contributed by atoms with E-state index >= 15 is 0 Å². The highest BCUT2D eigenvalue weighted by Gasteiger charge is 2.16. The number of rotatable bonds is 4. The molecule has 0 radical (unpaired) electrons. The summed E-state index contributed by atoms with van der Waals surface area (Å²) in [6, 6.07) is 17.5. The predicted molar refractivity (Wildman–Crippen MR) is 132 cm³/mol. The van der Waals surface area contributed by atoms with Crippen molar-refractivity contribution >= 4 is 67.8 Å². The van der Waals surface area contributed by atoms with Gasteiger partial charge in [-0.15, -0.1) is 11.3 Å². The first-order valence-corrected chi connectivity index (χ1v) is 10.9. The summed E-state index contributed by atoms with van der Waals surface area (Å²) in [5.41, 5.74) is 2.71. The molecule has 0 spiro atoms. The zero-order chi connectivity index (χ0) is 22.8. The number of hydrogen-bond donors (Lipinski definition) is 2. The third-order valence-electron chi connectivity index (χ3n) is 4.65. The van der Waals surface area contributed by atoms with E-state index < -0.39 is 10.8 Å². The van der Waals surface area contributed by atoms with Crippen molar-refractivity contribution in [2.45, 2.75) is 6.92 Å². The Morgan fingerprint density at radius 1 is 1.16 bits per heavy atom. The highest BCUT2D eigenvalue weighted by atomic mass is 35.5. The highest BCUT2D eigenvalue weighted by Crippen LogP contribution is 2.33. The van der Waals surface area contributed by atoms with Gasteiger partial charge in [-0.2, -0.15) is 0 Å². The maximum absolute atomic E-state index is 12.5. The molecule has 0 bridgehead atoms. The molecule has 10 heteroatoms. The minimum Gasteiger partial charge on any atom is -0.331 e. The van der Waals surface area contributed by atoms with E-state index in [1.165, 1.54) is 18.2 Å². The number of benzene rings is 3. The van der Waals surface area contributed by atoms with Crippen LogP contribution in [0, 0.1) is 17.0 Å². The number of nitrogens with one attached hydrogen (secondary N) is 2. The van der Waals surface area contributed by atoms with E-state index in [1.54, 1.807) is 30.4 Å². The number of nitrogens with zero attached hydrogens (tertiary/aromatic N) is 2. The molecule has 0 saturated heterocycles. The number of para-hydroxylation sites is 1. The molecule has 4 aromatic rings. The lowest BCUT2D eigenvalue weighted by atomic mass is 10.1. The molecular weight excluding hydrogens is 468 g/mol. The maximum atomic E-state index is 12.5. The number of aromatic nitrogens is 1. The number of amides is 1. The van der Waals surface area contributed by atoms with Gasteiger partial charge in [0.1, 0.15) is 5.01 Å². The smallest absolute Gasteiger partial charge is 0.273 e. The second-order valence-corrected chi connectivity index (χ2v) is 8.69. The fourth-order valence-electron chi connectivity index (χ4n) is 3.03. The molecule has 0 aliphatic carbocycles. The molecule has 160 valence electrons. The Kier molecular flexibility index (Phi) is 6.13. The van der Waals surface area contributed by atoms with Crippen LogP contribution in [0.2, 0.25) is 5.02 Å². The van der Waals surface area contributed by atoms with Crippen LogP contribution in [0.25, 0.3) is 20.8 Å². The van der Waals surface area contributed by atoms with E-state index in [4.69, 9.17) is 23.8 Å². The normalized spacial score (nSPS) is 10.7. The Labute approximate surface area is 197 Å². The first kappa shape index (κ1) is 21.8. The predicted octanol–water partition coefficient (Wildman–Crippen LogP) is 5.96. The standard InChI is InChI=1S/C22H15ClN4O3S2/c1-12-6-7-13(11-18(12)27(29)30)20(28)26-22(31)25-17-10-14(8-9-15(17)23)21-24-16-4-2-3-5-19(16)32-21/h2-11H,1H3,(H2,25,26,28,31). The molecule has 1 heterocycles. The molecule has 0 atom stereocenters. The molecule has 0 fully saturated rings. The monoisotopic (exact) mass is 482 g/mol. The summed E-state index contributed by atoms with van der Waals surface area (Å²) in [6.45, 7) is 1.60. The van der Waals surface area contributed by atoms with Crippen LogP contribution < -0.4 is 10.6 Å². The fraction of sp³-hybridized carbons (Fsp3) is 0.0455. The minimum absolute atomic E-state index is 0.0153. The Balaban J connectivity index is 1.52. The van der Waals surface area contributed by atoms with Crippen LogP contribution in [0.15, 0.2) is 60.7 Å². The van der Waals surface area contributed by atoms with Crippen LogP contribution in [0.3, 0.4) is 0 Å². The number of carbonyl (C=O) groups is 1. The van der Waals surface area contributed by atoms with Crippen LogP contribution >= 0.6 is 35.2 Å². The molecule has 0 unspecified atom stereocenters. The quantitative estimate of drug-likeness (QED) is 0.211. The van der Waals surface area contributed by atoms with Gasteiger partial charge in [-0.05, 0) is 49.5 Å². The summed E-state index contributed by atoms with van der Waals surface area (Å²) in [5.74, 6) is -0.566. The van der Waals surface area contributed by atoms with Gasteiger partial charge in [-0.3, -0.25) is 20.2 Å². The van der Waals surface area contributed by atoms with E-state index in [1.807, 2.05) is 30.3 Å². The van der Waals surface area contributed by atoms with E-state index in [0.29, 0.717) is 16.3 Å². The first-order chi connectivity index (χ1) is 15.3. The van der Waals surface area contributed by atoms with Crippen molar-refractivity contribution in [2.24, 2.45) is 0 Å². The van der Waals surface area contributed by atoms with E-state index in [0.717, 1.165) is 20.8 Å². The Morgan fingerprint density at radius 3 is 2.69 bits per heavy atom. The van der Waals surface area contributed by atoms with Gasteiger partial charge in [0.15, 0.2) is 5.11 Å². The molecular formula is C22H15ClN4O3S2. The zero-order valence-corrected chi connectivity index (χ0v) is 19.0. The number of aryl methyl sites for hydroxylation is 1. The number of carbonyl (C=O) groups excluding carboxylic acids is 1. The molecule has 1 amide bonds. The Bertz CT molecular complexity index is 1350. The summed E-state index contributed by atoms with van der Waals surface area (Å²) in [7, 11) is 0. The van der Waals surface area contributed by atoms with Gasteiger partial charge in [0.25, 0.3) is 11.6 Å². The molecule has 32 heavy (non-hydrogen) atoms. The summed E-state index contributed by atoms with van der Waals surface area (Å²) >= 11 is 13.1. The van der Waals surface area contributed by atoms with Crippen LogP contribution in [0.1, 0.15) is 15.9 Å². The van der Waals surface area contributed by atoms with Gasteiger partial charge in [-0.25, -0.2) is 4.98 Å². The molecule has 0 aliphatic heterocycles. The number of thiocarbonyl (C=S) groups is 1. The third kappa shape index (κ3) is 4.59. The lowest BCUT2D eigenvalue weighted by molar-refractivity contribution is -0.385. The first-order valence-electron chi connectivity index (χ1n) is 9.34. The molecule has 1 aromatic heterocycles. The molecule has 7 nitrogen and oxygen atoms in total. The van der Waals surface area contributed by atoms with E-state index in [2.05, 4.69) is 15.6 Å². The Morgan fingerprint density at radius 2 is 1.94 bits per heavy atom. The van der Waals surface area contributed by atoms with Crippen molar-refractivity contribution in [3.63, 3.8) is 0 Å². The van der Waals surface area contributed by atoms with Gasteiger partial charge in [-0.1, -0.05) is 35.9 Å². The van der Waals surface area contributed by atoms with Crippen LogP contribution in [0.4, 0.5) is 11.4 Å². The van der Waals surface area contributed by atoms with Crippen LogP contribution in [0.5, 0.6) is 0 Å². The maximum Gasteiger partial charge on any atom is 0.273 e. The number of nitro benzene ring substituents is 1. The van der Waals surface area contributed by atoms with Gasteiger partial charge in [0, 0.05) is 22.8 Å². The van der Waals surface area contributed by atoms with Crippen LogP contribution in [-0.2, 0) is 0 Å². The average Bonchev–Trinajstić information content (AvgIpc) is 3.19. The number of anilines is 1. The summed E-state index contributed by atoms with van der Waals surface area (Å²) in [5, 5.41) is 17.8. The SMILES string of the molecule is Cc1ccc(C(=O)NC(=S)Nc2cc(-c3nc4ccccc4s3)ccc2Cl)cc1[N+](=O)[O-]. The molecule has 0 saturated carbocycles. The van der Waals surface area contributed by atoms with Crippen molar-refractivity contribution in [1.82, 2.24) is 10.3 Å². The largest absolute Gasteiger partial charge is 0.331 e. The number of nitro groups is 1. The zero-order valence-electron chi connectivity index (χ0n) is 16.6. The lowest BCUT2D eigenvalue weighted by Crippen LogP contribution is -2.34. The third-order valence-corrected chi connectivity index (χ3v) is 6.27.